The molecule has 4 rings (SSSR count). The fourth-order valence-corrected chi connectivity index (χ4v) is 4.04. The van der Waals surface area contributed by atoms with Crippen LogP contribution >= 0.6 is 0 Å². The number of benzene rings is 2. The Morgan fingerprint density at radius 1 is 1.11 bits per heavy atom. The molecule has 1 saturated heterocycles. The fraction of sp³-hybridized carbons (Fsp3) is 0.409. The first-order valence-electron chi connectivity index (χ1n) is 9.61. The molecule has 1 fully saturated rings. The second-order valence-corrected chi connectivity index (χ2v) is 7.35. The molecule has 2 aromatic carbocycles. The molecule has 1 unspecified atom stereocenters. The van der Waals surface area contributed by atoms with Gasteiger partial charge in [0.25, 0.3) is 0 Å². The van der Waals surface area contributed by atoms with Crippen molar-refractivity contribution in [3.63, 3.8) is 0 Å². The van der Waals surface area contributed by atoms with E-state index in [-0.39, 0.29) is 11.9 Å². The second kappa shape index (κ2) is 7.61. The molecule has 0 aliphatic carbocycles. The van der Waals surface area contributed by atoms with Gasteiger partial charge in [-0.25, -0.2) is 0 Å². The van der Waals surface area contributed by atoms with E-state index in [4.69, 9.17) is 9.47 Å². The van der Waals surface area contributed by atoms with Crippen LogP contribution < -0.4 is 14.8 Å². The van der Waals surface area contributed by atoms with E-state index in [2.05, 4.69) is 22.3 Å². The van der Waals surface area contributed by atoms with Crippen molar-refractivity contribution in [2.24, 2.45) is 0 Å². The maximum atomic E-state index is 12.7. The lowest BCUT2D eigenvalue weighted by Crippen LogP contribution is -2.33. The Balaban J connectivity index is 1.46. The third-order valence-corrected chi connectivity index (χ3v) is 5.41. The van der Waals surface area contributed by atoms with Crippen LogP contribution in [0.1, 0.15) is 35.6 Å². The van der Waals surface area contributed by atoms with Gasteiger partial charge in [0.1, 0.15) is 13.2 Å². The zero-order valence-electron chi connectivity index (χ0n) is 16.0. The highest BCUT2D eigenvalue weighted by Gasteiger charge is 2.29. The number of likely N-dealkylation sites (tertiary alicyclic amines) is 1. The number of rotatable bonds is 4. The molecule has 142 valence electrons. The maximum absolute atomic E-state index is 12.7. The zero-order chi connectivity index (χ0) is 18.8. The number of fused-ring (bicyclic) bond motifs is 1. The number of carbonyl (C=O) groups is 1. The Hall–Kier alpha value is -2.53. The maximum Gasteiger partial charge on any atom is 0.238 e. The first kappa shape index (κ1) is 17.9. The van der Waals surface area contributed by atoms with Gasteiger partial charge in [-0.1, -0.05) is 24.3 Å². The number of aryl methyl sites for hydroxylation is 2. The predicted molar refractivity (Wildman–Crippen MR) is 106 cm³/mol. The monoisotopic (exact) mass is 366 g/mol. The van der Waals surface area contributed by atoms with Gasteiger partial charge in [-0.2, -0.15) is 0 Å². The van der Waals surface area contributed by atoms with Crippen LogP contribution in [-0.2, 0) is 4.79 Å². The summed E-state index contributed by atoms with van der Waals surface area (Å²) in [5, 5.41) is 3.10. The van der Waals surface area contributed by atoms with Crippen LogP contribution in [0.25, 0.3) is 0 Å². The average Bonchev–Trinajstić information content (AvgIpc) is 3.12. The SMILES string of the molecule is Cc1cccc(C)c1NC(=O)CN1CCCC1c1ccc2c(c1)OCCO2. The molecule has 2 heterocycles. The number of hydrogen-bond donors (Lipinski definition) is 1. The summed E-state index contributed by atoms with van der Waals surface area (Å²) in [5.41, 5.74) is 4.30. The summed E-state index contributed by atoms with van der Waals surface area (Å²) in [7, 11) is 0. The van der Waals surface area contributed by atoms with Gasteiger partial charge in [0.15, 0.2) is 11.5 Å². The van der Waals surface area contributed by atoms with Crippen molar-refractivity contribution < 1.29 is 14.3 Å². The molecule has 0 saturated carbocycles. The van der Waals surface area contributed by atoms with E-state index in [0.29, 0.717) is 19.8 Å². The van der Waals surface area contributed by atoms with Gasteiger partial charge in [-0.05, 0) is 62.1 Å². The molecule has 1 amide bonds. The Labute approximate surface area is 160 Å². The number of amides is 1. The quantitative estimate of drug-likeness (QED) is 0.893. The van der Waals surface area contributed by atoms with Crippen molar-refractivity contribution in [2.75, 3.05) is 31.6 Å². The molecule has 2 aliphatic rings. The van der Waals surface area contributed by atoms with Crippen LogP contribution in [0.15, 0.2) is 36.4 Å². The number of ether oxygens (including phenoxy) is 2. The Bertz CT molecular complexity index is 829. The van der Waals surface area contributed by atoms with Gasteiger partial charge in [-0.3, -0.25) is 9.69 Å². The van der Waals surface area contributed by atoms with Crippen LogP contribution in [0.3, 0.4) is 0 Å². The van der Waals surface area contributed by atoms with E-state index in [9.17, 15) is 4.79 Å². The Kier molecular flexibility index (Phi) is 5.03. The first-order valence-corrected chi connectivity index (χ1v) is 9.61. The molecule has 0 spiro atoms. The zero-order valence-corrected chi connectivity index (χ0v) is 16.0. The number of nitrogens with zero attached hydrogens (tertiary/aromatic N) is 1. The lowest BCUT2D eigenvalue weighted by Gasteiger charge is -2.26. The molecule has 1 atom stereocenters. The van der Waals surface area contributed by atoms with Crippen LogP contribution in [0.2, 0.25) is 0 Å². The summed E-state index contributed by atoms with van der Waals surface area (Å²) in [6, 6.07) is 12.5. The minimum Gasteiger partial charge on any atom is -0.486 e. The highest BCUT2D eigenvalue weighted by Crippen LogP contribution is 2.38. The van der Waals surface area contributed by atoms with Crippen molar-refractivity contribution in [2.45, 2.75) is 32.7 Å². The lowest BCUT2D eigenvalue weighted by atomic mass is 10.0. The van der Waals surface area contributed by atoms with Gasteiger partial charge in [0.2, 0.25) is 5.91 Å². The topological polar surface area (TPSA) is 50.8 Å². The second-order valence-electron chi connectivity index (χ2n) is 7.35. The highest BCUT2D eigenvalue weighted by molar-refractivity contribution is 5.93. The van der Waals surface area contributed by atoms with Gasteiger partial charge < -0.3 is 14.8 Å². The van der Waals surface area contributed by atoms with E-state index in [1.54, 1.807) is 0 Å². The largest absolute Gasteiger partial charge is 0.486 e. The van der Waals surface area contributed by atoms with E-state index in [0.717, 1.165) is 47.7 Å². The third-order valence-electron chi connectivity index (χ3n) is 5.41. The molecule has 5 nitrogen and oxygen atoms in total. The van der Waals surface area contributed by atoms with E-state index >= 15 is 0 Å². The fourth-order valence-electron chi connectivity index (χ4n) is 4.04. The van der Waals surface area contributed by atoms with Gasteiger partial charge in [0, 0.05) is 11.7 Å². The summed E-state index contributed by atoms with van der Waals surface area (Å²) >= 11 is 0. The number of nitrogens with one attached hydrogen (secondary N) is 1. The molecular weight excluding hydrogens is 340 g/mol. The minimum absolute atomic E-state index is 0.0387. The van der Waals surface area contributed by atoms with Crippen molar-refractivity contribution in [3.05, 3.63) is 53.1 Å². The molecule has 2 aliphatic heterocycles. The number of anilines is 1. The van der Waals surface area contributed by atoms with Crippen LogP contribution in [-0.4, -0.2) is 37.1 Å². The van der Waals surface area contributed by atoms with E-state index in [1.165, 1.54) is 5.56 Å². The predicted octanol–water partition coefficient (Wildman–Crippen LogP) is 3.85. The molecule has 27 heavy (non-hydrogen) atoms. The Morgan fingerprint density at radius 3 is 2.63 bits per heavy atom. The third kappa shape index (κ3) is 3.78. The summed E-state index contributed by atoms with van der Waals surface area (Å²) in [6.07, 6.45) is 2.14. The van der Waals surface area contributed by atoms with Gasteiger partial charge >= 0.3 is 0 Å². The normalized spacial score (nSPS) is 19.1. The minimum atomic E-state index is 0.0387. The van der Waals surface area contributed by atoms with Crippen LogP contribution in [0.4, 0.5) is 5.69 Å². The summed E-state index contributed by atoms with van der Waals surface area (Å²) < 4.78 is 11.3. The van der Waals surface area contributed by atoms with Crippen molar-refractivity contribution in [3.8, 4) is 11.5 Å². The first-order chi connectivity index (χ1) is 13.1. The van der Waals surface area contributed by atoms with Crippen molar-refractivity contribution >= 4 is 11.6 Å². The van der Waals surface area contributed by atoms with E-state index < -0.39 is 0 Å². The van der Waals surface area contributed by atoms with Crippen molar-refractivity contribution in [1.29, 1.82) is 0 Å². The molecule has 0 aromatic heterocycles. The van der Waals surface area contributed by atoms with Gasteiger partial charge in [-0.15, -0.1) is 0 Å². The average molecular weight is 366 g/mol. The molecule has 0 radical (unpaired) electrons. The molecule has 5 heteroatoms. The molecular formula is C22H26N2O3. The highest BCUT2D eigenvalue weighted by atomic mass is 16.6. The molecule has 0 bridgehead atoms. The number of para-hydroxylation sites is 1. The number of hydrogen-bond acceptors (Lipinski definition) is 4. The van der Waals surface area contributed by atoms with Crippen LogP contribution in [0, 0.1) is 13.8 Å². The molecule has 1 N–H and O–H groups in total. The van der Waals surface area contributed by atoms with Crippen molar-refractivity contribution in [1.82, 2.24) is 4.90 Å². The Morgan fingerprint density at radius 2 is 1.85 bits per heavy atom. The smallest absolute Gasteiger partial charge is 0.238 e. The summed E-state index contributed by atoms with van der Waals surface area (Å²) in [5.74, 6) is 1.66. The van der Waals surface area contributed by atoms with Crippen LogP contribution in [0.5, 0.6) is 11.5 Å². The van der Waals surface area contributed by atoms with Gasteiger partial charge in [0.05, 0.1) is 6.54 Å². The van der Waals surface area contributed by atoms with E-state index in [1.807, 2.05) is 38.1 Å². The lowest BCUT2D eigenvalue weighted by molar-refractivity contribution is -0.117. The standard InChI is InChI=1S/C22H26N2O3/c1-15-5-3-6-16(2)22(15)23-21(25)14-24-10-4-7-18(24)17-8-9-19-20(13-17)27-12-11-26-19/h3,5-6,8-9,13,18H,4,7,10-12,14H2,1-2H3,(H,23,25). The summed E-state index contributed by atoms with van der Waals surface area (Å²) in [4.78, 5) is 14.9. The molecule has 2 aromatic rings. The summed E-state index contributed by atoms with van der Waals surface area (Å²) in [6.45, 7) is 6.56. The number of carbonyl (C=O) groups excluding carboxylic acids is 1.